The molecule has 2 aliphatic rings. The lowest BCUT2D eigenvalue weighted by Gasteiger charge is -2.37. The molecule has 0 aromatic heterocycles. The molecule has 0 radical (unpaired) electrons. The van der Waals surface area contributed by atoms with E-state index in [0.29, 0.717) is 22.3 Å². The van der Waals surface area contributed by atoms with Gasteiger partial charge >= 0.3 is 0 Å². The van der Waals surface area contributed by atoms with E-state index in [2.05, 4.69) is 15.1 Å². The fourth-order valence-electron chi connectivity index (χ4n) is 3.56. The molecule has 1 atom stereocenters. The molecule has 2 fully saturated rings. The summed E-state index contributed by atoms with van der Waals surface area (Å²) in [5.74, 6) is 0.114. The maximum absolute atomic E-state index is 12.6. The van der Waals surface area contributed by atoms with E-state index < -0.39 is 0 Å². The Morgan fingerprint density at radius 1 is 1.07 bits per heavy atom. The number of halogens is 2. The summed E-state index contributed by atoms with van der Waals surface area (Å²) in [5, 5.41) is 3.85. The van der Waals surface area contributed by atoms with Gasteiger partial charge in [0.1, 0.15) is 0 Å². The Bertz CT molecular complexity index is 686. The van der Waals surface area contributed by atoms with Crippen molar-refractivity contribution >= 4 is 40.7 Å². The summed E-state index contributed by atoms with van der Waals surface area (Å²) in [5.41, 5.74) is 0.524. The van der Waals surface area contributed by atoms with Gasteiger partial charge in [0, 0.05) is 44.3 Å². The molecule has 1 unspecified atom stereocenters. The van der Waals surface area contributed by atoms with Crippen LogP contribution in [0.15, 0.2) is 18.2 Å². The number of rotatable bonds is 5. The molecule has 2 aliphatic heterocycles. The summed E-state index contributed by atoms with van der Waals surface area (Å²) in [4.78, 5) is 31.1. The first-order valence-electron chi connectivity index (χ1n) is 9.44. The van der Waals surface area contributed by atoms with Gasteiger partial charge in [0.05, 0.1) is 23.3 Å². The minimum atomic E-state index is -0.281. The Morgan fingerprint density at radius 2 is 1.74 bits per heavy atom. The largest absolute Gasteiger partial charge is 0.342 e. The summed E-state index contributed by atoms with van der Waals surface area (Å²) in [6.07, 6.45) is 2.23. The van der Waals surface area contributed by atoms with Gasteiger partial charge in [-0.1, -0.05) is 23.2 Å². The number of hydrogen-bond donors (Lipinski definition) is 1. The maximum Gasteiger partial charge on any atom is 0.241 e. The van der Waals surface area contributed by atoms with Gasteiger partial charge in [-0.25, -0.2) is 0 Å². The lowest BCUT2D eigenvalue weighted by Crippen LogP contribution is -2.54. The first-order chi connectivity index (χ1) is 12.9. The van der Waals surface area contributed by atoms with Crippen molar-refractivity contribution in [2.24, 2.45) is 0 Å². The second-order valence-electron chi connectivity index (χ2n) is 7.19. The summed E-state index contributed by atoms with van der Waals surface area (Å²) in [6, 6.07) is 4.72. The number of hydrogen-bond acceptors (Lipinski definition) is 4. The highest BCUT2D eigenvalue weighted by Crippen LogP contribution is 2.25. The second kappa shape index (κ2) is 9.24. The predicted octanol–water partition coefficient (Wildman–Crippen LogP) is 2.56. The predicted molar refractivity (Wildman–Crippen MR) is 108 cm³/mol. The molecule has 0 bridgehead atoms. The van der Waals surface area contributed by atoms with E-state index in [9.17, 15) is 9.59 Å². The number of benzene rings is 1. The number of likely N-dealkylation sites (tertiary alicyclic amines) is 1. The Labute approximate surface area is 170 Å². The minimum absolute atomic E-state index is 0.110. The third-order valence-corrected chi connectivity index (χ3v) is 5.90. The van der Waals surface area contributed by atoms with Crippen LogP contribution in [0.4, 0.5) is 5.69 Å². The van der Waals surface area contributed by atoms with Crippen LogP contribution in [0.5, 0.6) is 0 Å². The summed E-state index contributed by atoms with van der Waals surface area (Å²) < 4.78 is 0. The van der Waals surface area contributed by atoms with Gasteiger partial charge < -0.3 is 10.2 Å². The van der Waals surface area contributed by atoms with Crippen LogP contribution in [0, 0.1) is 0 Å². The molecular formula is C19H26Cl2N4O2. The molecule has 2 amide bonds. The van der Waals surface area contributed by atoms with E-state index >= 15 is 0 Å². The van der Waals surface area contributed by atoms with Crippen LogP contribution in [-0.2, 0) is 9.59 Å². The fraction of sp³-hybridized carbons (Fsp3) is 0.579. The van der Waals surface area contributed by atoms with Crippen LogP contribution in [0.1, 0.15) is 19.8 Å². The zero-order valence-electron chi connectivity index (χ0n) is 15.6. The van der Waals surface area contributed by atoms with E-state index in [1.54, 1.807) is 18.2 Å². The van der Waals surface area contributed by atoms with E-state index in [4.69, 9.17) is 23.2 Å². The number of nitrogens with one attached hydrogen (secondary N) is 1. The highest BCUT2D eigenvalue weighted by atomic mass is 35.5. The molecule has 1 N–H and O–H groups in total. The number of nitrogens with zero attached hydrogens (tertiary/aromatic N) is 3. The number of carbonyl (C=O) groups is 2. The SMILES string of the molecule is CC(C(=O)Nc1cc(Cl)ccc1Cl)N1CCN(CC(=O)N2CCCC2)CC1. The Morgan fingerprint density at radius 3 is 2.41 bits per heavy atom. The van der Waals surface area contributed by atoms with Crippen molar-refractivity contribution in [2.75, 3.05) is 51.1 Å². The minimum Gasteiger partial charge on any atom is -0.342 e. The zero-order chi connectivity index (χ0) is 19.4. The summed E-state index contributed by atoms with van der Waals surface area (Å²) >= 11 is 12.1. The highest BCUT2D eigenvalue weighted by Gasteiger charge is 2.28. The van der Waals surface area contributed by atoms with E-state index in [-0.39, 0.29) is 17.9 Å². The van der Waals surface area contributed by atoms with Gasteiger partial charge in [-0.3, -0.25) is 19.4 Å². The van der Waals surface area contributed by atoms with Gasteiger partial charge in [0.2, 0.25) is 11.8 Å². The molecule has 0 saturated carbocycles. The lowest BCUT2D eigenvalue weighted by molar-refractivity contribution is -0.132. The third kappa shape index (κ3) is 5.35. The molecule has 8 heteroatoms. The van der Waals surface area contributed by atoms with Crippen molar-refractivity contribution in [3.8, 4) is 0 Å². The average Bonchev–Trinajstić information content (AvgIpc) is 3.19. The third-order valence-electron chi connectivity index (χ3n) is 5.34. The molecule has 148 valence electrons. The first kappa shape index (κ1) is 20.4. The van der Waals surface area contributed by atoms with Crippen molar-refractivity contribution in [1.29, 1.82) is 0 Å². The van der Waals surface area contributed by atoms with Crippen LogP contribution in [0.2, 0.25) is 10.0 Å². The molecular weight excluding hydrogens is 387 g/mol. The van der Waals surface area contributed by atoms with Crippen LogP contribution in [0.25, 0.3) is 0 Å². The van der Waals surface area contributed by atoms with Gasteiger partial charge in [-0.15, -0.1) is 0 Å². The van der Waals surface area contributed by atoms with Crippen LogP contribution >= 0.6 is 23.2 Å². The zero-order valence-corrected chi connectivity index (χ0v) is 17.1. The van der Waals surface area contributed by atoms with E-state index in [0.717, 1.165) is 52.1 Å². The second-order valence-corrected chi connectivity index (χ2v) is 8.03. The van der Waals surface area contributed by atoms with Crippen molar-refractivity contribution in [2.45, 2.75) is 25.8 Å². The van der Waals surface area contributed by atoms with Crippen molar-refractivity contribution in [3.63, 3.8) is 0 Å². The monoisotopic (exact) mass is 412 g/mol. The van der Waals surface area contributed by atoms with Crippen molar-refractivity contribution < 1.29 is 9.59 Å². The normalized spacial score (nSPS) is 19.9. The van der Waals surface area contributed by atoms with E-state index in [1.807, 2.05) is 11.8 Å². The molecule has 3 rings (SSSR count). The first-order valence-corrected chi connectivity index (χ1v) is 10.2. The Hall–Kier alpha value is -1.34. The topological polar surface area (TPSA) is 55.9 Å². The van der Waals surface area contributed by atoms with Crippen LogP contribution < -0.4 is 5.32 Å². The Kier molecular flexibility index (Phi) is 6.98. The van der Waals surface area contributed by atoms with Gasteiger partial charge in [-0.05, 0) is 38.0 Å². The van der Waals surface area contributed by atoms with E-state index in [1.165, 1.54) is 0 Å². The smallest absolute Gasteiger partial charge is 0.241 e. The van der Waals surface area contributed by atoms with Crippen LogP contribution in [-0.4, -0.2) is 78.4 Å². The quantitative estimate of drug-likeness (QED) is 0.806. The number of carbonyl (C=O) groups excluding carboxylic acids is 2. The van der Waals surface area contributed by atoms with Crippen molar-refractivity contribution in [1.82, 2.24) is 14.7 Å². The number of anilines is 1. The summed E-state index contributed by atoms with van der Waals surface area (Å²) in [7, 11) is 0. The standard InChI is InChI=1S/C19H26Cl2N4O2/c1-14(19(27)22-17-12-15(20)4-5-16(17)21)24-10-8-23(9-11-24)13-18(26)25-6-2-3-7-25/h4-5,12,14H,2-3,6-11,13H2,1H3,(H,22,27). The maximum atomic E-state index is 12.6. The van der Waals surface area contributed by atoms with Crippen LogP contribution in [0.3, 0.4) is 0 Å². The molecule has 6 nitrogen and oxygen atoms in total. The highest BCUT2D eigenvalue weighted by molar-refractivity contribution is 6.35. The molecule has 1 aromatic carbocycles. The number of amides is 2. The van der Waals surface area contributed by atoms with Gasteiger partial charge in [-0.2, -0.15) is 0 Å². The average molecular weight is 413 g/mol. The summed E-state index contributed by atoms with van der Waals surface area (Å²) in [6.45, 7) is 7.23. The lowest BCUT2D eigenvalue weighted by atomic mass is 10.2. The van der Waals surface area contributed by atoms with Crippen molar-refractivity contribution in [3.05, 3.63) is 28.2 Å². The van der Waals surface area contributed by atoms with Gasteiger partial charge in [0.25, 0.3) is 0 Å². The molecule has 27 heavy (non-hydrogen) atoms. The van der Waals surface area contributed by atoms with Gasteiger partial charge in [0.15, 0.2) is 0 Å². The molecule has 1 aromatic rings. The molecule has 0 aliphatic carbocycles. The molecule has 2 saturated heterocycles. The number of piperazine rings is 1. The molecule has 2 heterocycles. The Balaban J connectivity index is 1.47. The molecule has 0 spiro atoms. The fourth-order valence-corrected chi connectivity index (χ4v) is 3.90.